The number of carbonyl (C=O) groups is 1. The summed E-state index contributed by atoms with van der Waals surface area (Å²) < 4.78 is 2.83. The molecule has 0 atom stereocenters. The maximum Gasteiger partial charge on any atom is 0.158 e. The first kappa shape index (κ1) is 16.3. The number of halogens is 1. The van der Waals surface area contributed by atoms with E-state index < -0.39 is 0 Å². The Morgan fingerprint density at radius 2 is 1.80 bits per heavy atom. The van der Waals surface area contributed by atoms with E-state index in [1.807, 2.05) is 22.6 Å². The Kier molecular flexibility index (Phi) is 8.26. The van der Waals surface area contributed by atoms with Crippen LogP contribution in [0.2, 0.25) is 0 Å². The molecule has 2 nitrogen and oxygen atoms in total. The molecule has 0 spiro atoms. The van der Waals surface area contributed by atoms with Crippen molar-refractivity contribution < 1.29 is 9.90 Å². The van der Waals surface area contributed by atoms with Gasteiger partial charge < -0.3 is 5.11 Å². The minimum Gasteiger partial charge on any atom is -0.508 e. The summed E-state index contributed by atoms with van der Waals surface area (Å²) in [5.41, 5.74) is 1.29. The fraction of sp³-hybridized carbons (Fsp3) is 0.235. The number of allylic oxidation sites excluding steroid dienone is 1. The highest BCUT2D eigenvalue weighted by Crippen LogP contribution is 2.12. The molecule has 0 aromatic heterocycles. The van der Waals surface area contributed by atoms with E-state index in [-0.39, 0.29) is 5.75 Å². The van der Waals surface area contributed by atoms with E-state index in [9.17, 15) is 9.90 Å². The number of aromatic hydroxyl groups is 1. The zero-order chi connectivity index (χ0) is 14.6. The van der Waals surface area contributed by atoms with E-state index in [0.29, 0.717) is 5.57 Å². The van der Waals surface area contributed by atoms with Crippen LogP contribution in [0.25, 0.3) is 6.08 Å². The Morgan fingerprint density at radius 3 is 2.40 bits per heavy atom. The fourth-order valence-electron chi connectivity index (χ4n) is 1.49. The highest BCUT2D eigenvalue weighted by atomic mass is 127. The number of aldehydes is 1. The molecule has 0 bridgehead atoms. The molecule has 0 aliphatic carbocycles. The molecule has 20 heavy (non-hydrogen) atoms. The van der Waals surface area contributed by atoms with Crippen molar-refractivity contribution in [1.29, 1.82) is 0 Å². The van der Waals surface area contributed by atoms with Crippen molar-refractivity contribution in [2.24, 2.45) is 0 Å². The van der Waals surface area contributed by atoms with Crippen LogP contribution in [0.15, 0.2) is 29.8 Å². The van der Waals surface area contributed by atoms with Crippen molar-refractivity contribution in [3.05, 3.63) is 35.4 Å². The predicted octanol–water partition coefficient (Wildman–Crippen LogP) is 3.93. The SMILES string of the molecule is O=C/C(C#CCCCCC#CI)=C\c1ccc(O)cc1. The van der Waals surface area contributed by atoms with Crippen LogP contribution in [-0.4, -0.2) is 11.4 Å². The maximum atomic E-state index is 10.9. The summed E-state index contributed by atoms with van der Waals surface area (Å²) in [4.78, 5) is 10.9. The lowest BCUT2D eigenvalue weighted by Gasteiger charge is -1.94. The molecule has 1 aromatic carbocycles. The highest BCUT2D eigenvalue weighted by Gasteiger charge is 1.93. The molecule has 0 aliphatic rings. The van der Waals surface area contributed by atoms with Crippen LogP contribution in [0.5, 0.6) is 5.75 Å². The van der Waals surface area contributed by atoms with E-state index >= 15 is 0 Å². The Hall–Kier alpha value is -1.72. The van der Waals surface area contributed by atoms with Gasteiger partial charge >= 0.3 is 0 Å². The van der Waals surface area contributed by atoms with Crippen LogP contribution in [0, 0.1) is 21.7 Å². The lowest BCUT2D eigenvalue weighted by atomic mass is 10.1. The van der Waals surface area contributed by atoms with E-state index in [1.54, 1.807) is 30.3 Å². The van der Waals surface area contributed by atoms with Gasteiger partial charge in [0.05, 0.1) is 5.57 Å². The summed E-state index contributed by atoms with van der Waals surface area (Å²) >= 11 is 2.03. The fourth-order valence-corrected chi connectivity index (χ4v) is 1.76. The summed E-state index contributed by atoms with van der Waals surface area (Å²) in [6, 6.07) is 6.64. The standard InChI is InChI=1S/C17H15IO2/c18-12-6-4-2-1-3-5-7-16(14-19)13-15-8-10-17(20)11-9-15/h8-11,13-14,20H,1-4H2/b16-13-. The van der Waals surface area contributed by atoms with E-state index in [1.165, 1.54) is 0 Å². The third kappa shape index (κ3) is 7.01. The number of benzene rings is 1. The third-order valence-corrected chi connectivity index (χ3v) is 2.88. The Morgan fingerprint density at radius 1 is 1.15 bits per heavy atom. The summed E-state index contributed by atoms with van der Waals surface area (Å²) in [6.45, 7) is 0. The van der Waals surface area contributed by atoms with Gasteiger partial charge in [-0.1, -0.05) is 29.9 Å². The van der Waals surface area contributed by atoms with Crippen molar-refractivity contribution in [3.8, 4) is 27.4 Å². The molecule has 0 saturated heterocycles. The Bertz CT molecular complexity index is 577. The minimum absolute atomic E-state index is 0.204. The summed E-state index contributed by atoms with van der Waals surface area (Å²) in [7, 11) is 0. The number of rotatable bonds is 5. The zero-order valence-corrected chi connectivity index (χ0v) is 13.2. The molecule has 0 radical (unpaired) electrons. The number of unbranched alkanes of at least 4 members (excludes halogenated alkanes) is 3. The molecule has 1 aromatic rings. The summed E-state index contributed by atoms with van der Waals surface area (Å²) in [5, 5.41) is 9.18. The van der Waals surface area contributed by atoms with Crippen LogP contribution >= 0.6 is 22.6 Å². The molecule has 0 fully saturated rings. The lowest BCUT2D eigenvalue weighted by Crippen LogP contribution is -1.81. The molecule has 0 heterocycles. The summed E-state index contributed by atoms with van der Waals surface area (Å²) in [6.07, 6.45) is 6.15. The molecular formula is C17H15IO2. The van der Waals surface area contributed by atoms with Crippen LogP contribution in [0.4, 0.5) is 0 Å². The van der Waals surface area contributed by atoms with Gasteiger partial charge in [-0.05, 0) is 40.5 Å². The average Bonchev–Trinajstić information content (AvgIpc) is 2.47. The summed E-state index contributed by atoms with van der Waals surface area (Å²) in [5.74, 6) is 9.06. The number of phenolic OH excluding ortho intramolecular Hbond substituents is 1. The van der Waals surface area contributed by atoms with Crippen molar-refractivity contribution in [2.75, 3.05) is 0 Å². The minimum atomic E-state index is 0.204. The second-order valence-electron chi connectivity index (χ2n) is 4.09. The first-order valence-corrected chi connectivity index (χ1v) is 7.37. The van der Waals surface area contributed by atoms with Gasteiger partial charge in [0.2, 0.25) is 0 Å². The number of hydrogen-bond acceptors (Lipinski definition) is 2. The molecule has 0 aliphatic heterocycles. The van der Waals surface area contributed by atoms with Gasteiger partial charge in [0.25, 0.3) is 0 Å². The number of carbonyl (C=O) groups excluding carboxylic acids is 1. The molecular weight excluding hydrogens is 363 g/mol. The first-order chi connectivity index (χ1) is 9.76. The smallest absolute Gasteiger partial charge is 0.158 e. The monoisotopic (exact) mass is 378 g/mol. The van der Waals surface area contributed by atoms with Gasteiger partial charge in [-0.2, -0.15) is 0 Å². The molecule has 3 heteroatoms. The average molecular weight is 378 g/mol. The van der Waals surface area contributed by atoms with Gasteiger partial charge in [0.1, 0.15) is 5.75 Å². The van der Waals surface area contributed by atoms with Crippen LogP contribution in [-0.2, 0) is 4.79 Å². The van der Waals surface area contributed by atoms with Gasteiger partial charge in [-0.25, -0.2) is 0 Å². The molecule has 0 unspecified atom stereocenters. The maximum absolute atomic E-state index is 10.9. The molecule has 0 amide bonds. The van der Waals surface area contributed by atoms with Crippen molar-refractivity contribution in [1.82, 2.24) is 0 Å². The van der Waals surface area contributed by atoms with Gasteiger partial charge in [-0.15, -0.1) is 0 Å². The molecule has 1 rings (SSSR count). The molecule has 0 saturated carbocycles. The molecule has 102 valence electrons. The lowest BCUT2D eigenvalue weighted by molar-refractivity contribution is -0.104. The van der Waals surface area contributed by atoms with E-state index in [0.717, 1.165) is 37.5 Å². The number of hydrogen-bond donors (Lipinski definition) is 1. The van der Waals surface area contributed by atoms with Gasteiger partial charge in [-0.3, -0.25) is 4.79 Å². The van der Waals surface area contributed by atoms with Gasteiger partial charge in [0.15, 0.2) is 6.29 Å². The zero-order valence-electron chi connectivity index (χ0n) is 11.0. The Balaban J connectivity index is 2.52. The van der Waals surface area contributed by atoms with Gasteiger partial charge in [0, 0.05) is 35.4 Å². The van der Waals surface area contributed by atoms with Crippen LogP contribution in [0.3, 0.4) is 0 Å². The number of phenols is 1. The topological polar surface area (TPSA) is 37.3 Å². The van der Waals surface area contributed by atoms with E-state index in [2.05, 4.69) is 21.7 Å². The van der Waals surface area contributed by atoms with Crippen molar-refractivity contribution >= 4 is 35.0 Å². The molecule has 1 N–H and O–H groups in total. The predicted molar refractivity (Wildman–Crippen MR) is 90.2 cm³/mol. The second kappa shape index (κ2) is 10.1. The normalized spacial score (nSPS) is 9.95. The highest BCUT2D eigenvalue weighted by molar-refractivity contribution is 14.1. The first-order valence-electron chi connectivity index (χ1n) is 6.29. The second-order valence-corrected chi connectivity index (χ2v) is 4.63. The van der Waals surface area contributed by atoms with Crippen molar-refractivity contribution in [2.45, 2.75) is 25.7 Å². The van der Waals surface area contributed by atoms with Crippen LogP contribution in [0.1, 0.15) is 31.2 Å². The Labute approximate surface area is 133 Å². The third-order valence-electron chi connectivity index (χ3n) is 2.50. The van der Waals surface area contributed by atoms with E-state index in [4.69, 9.17) is 0 Å². The quantitative estimate of drug-likeness (QED) is 0.277. The van der Waals surface area contributed by atoms with Crippen LogP contribution < -0.4 is 0 Å². The largest absolute Gasteiger partial charge is 0.508 e. The van der Waals surface area contributed by atoms with Crippen molar-refractivity contribution in [3.63, 3.8) is 0 Å².